The second-order valence-corrected chi connectivity index (χ2v) is 4.31. The summed E-state index contributed by atoms with van der Waals surface area (Å²) in [6, 6.07) is 0. The highest BCUT2D eigenvalue weighted by Crippen LogP contribution is 2.06. The molecule has 0 aliphatic rings. The Bertz CT molecular complexity index is 165. The van der Waals surface area contributed by atoms with Gasteiger partial charge in [0.25, 0.3) is 0 Å². The van der Waals surface area contributed by atoms with Gasteiger partial charge in [-0.25, -0.2) is 0 Å². The number of nitrogens with one attached hydrogen (secondary N) is 1. The van der Waals surface area contributed by atoms with Crippen molar-refractivity contribution >= 4 is 5.91 Å². The summed E-state index contributed by atoms with van der Waals surface area (Å²) in [6.07, 6.45) is 4.11. The van der Waals surface area contributed by atoms with Gasteiger partial charge in [0.15, 0.2) is 0 Å². The minimum Gasteiger partial charge on any atom is -0.356 e. The van der Waals surface area contributed by atoms with Gasteiger partial charge in [0.1, 0.15) is 0 Å². The Labute approximate surface area is 94.2 Å². The molecule has 1 amide bonds. The van der Waals surface area contributed by atoms with Crippen molar-refractivity contribution in [3.05, 3.63) is 0 Å². The zero-order valence-electron chi connectivity index (χ0n) is 10.7. The van der Waals surface area contributed by atoms with Gasteiger partial charge in [0.05, 0.1) is 0 Å². The summed E-state index contributed by atoms with van der Waals surface area (Å²) in [5.41, 5.74) is 0. The number of carbonyl (C=O) groups is 1. The molecular weight excluding hydrogens is 188 g/mol. The Morgan fingerprint density at radius 2 is 1.80 bits per heavy atom. The largest absolute Gasteiger partial charge is 0.356 e. The minimum atomic E-state index is 0.207. The molecule has 0 aromatic rings. The van der Waals surface area contributed by atoms with Crippen LogP contribution in [0.25, 0.3) is 0 Å². The molecule has 0 heterocycles. The minimum absolute atomic E-state index is 0.207. The van der Waals surface area contributed by atoms with Crippen molar-refractivity contribution in [2.45, 2.75) is 39.5 Å². The molecule has 0 atom stereocenters. The summed E-state index contributed by atoms with van der Waals surface area (Å²) in [5.74, 6) is 0.434. The van der Waals surface area contributed by atoms with E-state index in [2.05, 4.69) is 38.2 Å². The molecule has 0 radical (unpaired) electrons. The molecule has 0 aromatic heterocycles. The number of hydrogen-bond acceptors (Lipinski definition) is 2. The summed E-state index contributed by atoms with van der Waals surface area (Å²) in [7, 11) is 4.14. The van der Waals surface area contributed by atoms with Crippen LogP contribution in [0.4, 0.5) is 0 Å². The first kappa shape index (κ1) is 14.4. The maximum atomic E-state index is 11.6. The summed E-state index contributed by atoms with van der Waals surface area (Å²) in [6.45, 7) is 6.06. The van der Waals surface area contributed by atoms with Crippen molar-refractivity contribution in [2.24, 2.45) is 5.92 Å². The van der Waals surface area contributed by atoms with Gasteiger partial charge in [-0.2, -0.15) is 0 Å². The first-order valence-corrected chi connectivity index (χ1v) is 6.04. The van der Waals surface area contributed by atoms with Crippen LogP contribution >= 0.6 is 0 Å². The summed E-state index contributed by atoms with van der Waals surface area (Å²) in [5, 5.41) is 3.00. The quantitative estimate of drug-likeness (QED) is 0.626. The lowest BCUT2D eigenvalue weighted by Crippen LogP contribution is -2.31. The monoisotopic (exact) mass is 214 g/mol. The molecule has 0 aliphatic carbocycles. The maximum absolute atomic E-state index is 11.6. The Kier molecular flexibility index (Phi) is 8.38. The van der Waals surface area contributed by atoms with Crippen LogP contribution in [0, 0.1) is 5.92 Å². The molecule has 0 aromatic carbocycles. The molecule has 0 fully saturated rings. The third kappa shape index (κ3) is 7.37. The molecule has 0 saturated heterocycles. The third-order valence-electron chi connectivity index (χ3n) is 2.69. The Hall–Kier alpha value is -0.570. The molecule has 0 saturated carbocycles. The molecular formula is C12H26N2O. The fourth-order valence-electron chi connectivity index (χ4n) is 1.57. The fraction of sp³-hybridized carbons (Fsp3) is 0.917. The highest BCUT2D eigenvalue weighted by molar-refractivity contribution is 5.78. The summed E-state index contributed by atoms with van der Waals surface area (Å²) < 4.78 is 0. The van der Waals surface area contributed by atoms with Gasteiger partial charge in [-0.15, -0.1) is 0 Å². The second kappa shape index (κ2) is 8.72. The van der Waals surface area contributed by atoms with Gasteiger partial charge in [-0.05, 0) is 46.3 Å². The van der Waals surface area contributed by atoms with E-state index in [1.807, 2.05) is 0 Å². The van der Waals surface area contributed by atoms with Gasteiger partial charge in [0, 0.05) is 12.5 Å². The summed E-state index contributed by atoms with van der Waals surface area (Å²) >= 11 is 0. The zero-order chi connectivity index (χ0) is 11.7. The zero-order valence-corrected chi connectivity index (χ0v) is 10.7. The Balaban J connectivity index is 3.46. The van der Waals surface area contributed by atoms with Gasteiger partial charge in [-0.3, -0.25) is 4.79 Å². The molecule has 3 heteroatoms. The lowest BCUT2D eigenvalue weighted by atomic mass is 10.0. The van der Waals surface area contributed by atoms with Crippen LogP contribution in [0.2, 0.25) is 0 Å². The van der Waals surface area contributed by atoms with Gasteiger partial charge in [0.2, 0.25) is 5.91 Å². The second-order valence-electron chi connectivity index (χ2n) is 4.31. The normalized spacial score (nSPS) is 11.1. The predicted molar refractivity (Wildman–Crippen MR) is 64.9 cm³/mol. The van der Waals surface area contributed by atoms with E-state index in [1.165, 1.54) is 0 Å². The highest BCUT2D eigenvalue weighted by Gasteiger charge is 2.12. The molecule has 1 N–H and O–H groups in total. The van der Waals surface area contributed by atoms with Gasteiger partial charge in [-0.1, -0.05) is 13.8 Å². The van der Waals surface area contributed by atoms with Crippen molar-refractivity contribution in [1.82, 2.24) is 10.2 Å². The number of carbonyl (C=O) groups excluding carboxylic acids is 1. The van der Waals surface area contributed by atoms with Crippen LogP contribution < -0.4 is 5.32 Å². The van der Waals surface area contributed by atoms with E-state index in [4.69, 9.17) is 0 Å². The molecule has 0 rings (SSSR count). The van der Waals surface area contributed by atoms with Crippen LogP contribution in [0.1, 0.15) is 39.5 Å². The van der Waals surface area contributed by atoms with Gasteiger partial charge < -0.3 is 10.2 Å². The van der Waals surface area contributed by atoms with Crippen LogP contribution in [-0.4, -0.2) is 38.0 Å². The van der Waals surface area contributed by atoms with E-state index in [0.717, 1.165) is 38.8 Å². The maximum Gasteiger partial charge on any atom is 0.223 e. The van der Waals surface area contributed by atoms with Crippen molar-refractivity contribution in [3.63, 3.8) is 0 Å². The van der Waals surface area contributed by atoms with E-state index >= 15 is 0 Å². The molecule has 15 heavy (non-hydrogen) atoms. The smallest absolute Gasteiger partial charge is 0.223 e. The first-order valence-electron chi connectivity index (χ1n) is 6.04. The highest BCUT2D eigenvalue weighted by atomic mass is 16.1. The van der Waals surface area contributed by atoms with E-state index < -0.39 is 0 Å². The van der Waals surface area contributed by atoms with E-state index in [9.17, 15) is 4.79 Å². The van der Waals surface area contributed by atoms with E-state index in [-0.39, 0.29) is 11.8 Å². The van der Waals surface area contributed by atoms with Crippen molar-refractivity contribution in [3.8, 4) is 0 Å². The molecule has 0 spiro atoms. The van der Waals surface area contributed by atoms with Gasteiger partial charge >= 0.3 is 0 Å². The lowest BCUT2D eigenvalue weighted by Gasteiger charge is -2.13. The number of rotatable bonds is 8. The average molecular weight is 214 g/mol. The number of hydrogen-bond donors (Lipinski definition) is 1. The van der Waals surface area contributed by atoms with Crippen LogP contribution in [0.5, 0.6) is 0 Å². The van der Waals surface area contributed by atoms with Crippen LogP contribution in [0.15, 0.2) is 0 Å². The van der Waals surface area contributed by atoms with Crippen molar-refractivity contribution in [2.75, 3.05) is 27.2 Å². The molecule has 0 bridgehead atoms. The lowest BCUT2D eigenvalue weighted by molar-refractivity contribution is -0.125. The Morgan fingerprint density at radius 1 is 1.20 bits per heavy atom. The molecule has 90 valence electrons. The Morgan fingerprint density at radius 3 is 2.27 bits per heavy atom. The van der Waals surface area contributed by atoms with Crippen LogP contribution in [0.3, 0.4) is 0 Å². The van der Waals surface area contributed by atoms with E-state index in [1.54, 1.807) is 0 Å². The SMILES string of the molecule is CCC(CC)C(=O)NCCCCN(C)C. The topological polar surface area (TPSA) is 32.3 Å². The first-order chi connectivity index (χ1) is 7.11. The van der Waals surface area contributed by atoms with E-state index in [0.29, 0.717) is 0 Å². The van der Waals surface area contributed by atoms with Crippen molar-refractivity contribution < 1.29 is 4.79 Å². The summed E-state index contributed by atoms with van der Waals surface area (Å²) in [4.78, 5) is 13.8. The molecule has 3 nitrogen and oxygen atoms in total. The third-order valence-corrected chi connectivity index (χ3v) is 2.69. The molecule has 0 aliphatic heterocycles. The fourth-order valence-corrected chi connectivity index (χ4v) is 1.57. The predicted octanol–water partition coefficient (Wildman–Crippen LogP) is 1.88. The number of nitrogens with zero attached hydrogens (tertiary/aromatic N) is 1. The van der Waals surface area contributed by atoms with Crippen molar-refractivity contribution in [1.29, 1.82) is 0 Å². The standard InChI is InChI=1S/C12H26N2O/c1-5-11(6-2)12(15)13-9-7-8-10-14(3)4/h11H,5-10H2,1-4H3,(H,13,15). The number of unbranched alkanes of at least 4 members (excludes halogenated alkanes) is 1. The van der Waals surface area contributed by atoms with Crippen LogP contribution in [-0.2, 0) is 4.79 Å². The number of amides is 1. The molecule has 0 unspecified atom stereocenters. The average Bonchev–Trinajstić information content (AvgIpc) is 2.18.